The second-order valence-corrected chi connectivity index (χ2v) is 8.91. The van der Waals surface area contributed by atoms with Crippen LogP contribution in [-0.2, 0) is 21.4 Å². The van der Waals surface area contributed by atoms with E-state index in [-0.39, 0.29) is 17.3 Å². The lowest BCUT2D eigenvalue weighted by molar-refractivity contribution is -0.130. The number of thiophene rings is 1. The van der Waals surface area contributed by atoms with Gasteiger partial charge >= 0.3 is 0 Å². The maximum Gasteiger partial charge on any atom is 0.250 e. The molecule has 0 spiro atoms. The number of likely N-dealkylation sites (N-methyl/N-ethyl adjacent to an activating group) is 1. The Bertz CT molecular complexity index is 824. The van der Waals surface area contributed by atoms with Gasteiger partial charge in [-0.25, -0.2) is 17.5 Å². The van der Waals surface area contributed by atoms with E-state index in [4.69, 9.17) is 0 Å². The quantitative estimate of drug-likeness (QED) is 0.698. The predicted octanol–water partition coefficient (Wildman–Crippen LogP) is 1.76. The molecule has 0 aliphatic heterocycles. The molecule has 0 bridgehead atoms. The Hall–Kier alpha value is -1.81. The van der Waals surface area contributed by atoms with Crippen LogP contribution >= 0.6 is 11.3 Å². The molecule has 0 aliphatic carbocycles. The number of sulfonamides is 1. The normalized spacial score (nSPS) is 11.7. The van der Waals surface area contributed by atoms with Crippen molar-refractivity contribution < 1.29 is 17.6 Å². The van der Waals surface area contributed by atoms with Gasteiger partial charge in [0.05, 0.1) is 6.54 Å². The maximum atomic E-state index is 13.9. The SMILES string of the molecule is CN(C)CCN(Cc1ccccc1F)C(=O)CNS(=O)(=O)c1cccs1. The Morgan fingerprint density at radius 1 is 1.15 bits per heavy atom. The molecule has 0 unspecified atom stereocenters. The van der Waals surface area contributed by atoms with Gasteiger partial charge in [-0.05, 0) is 31.6 Å². The van der Waals surface area contributed by atoms with Crippen molar-refractivity contribution in [2.75, 3.05) is 33.7 Å². The maximum absolute atomic E-state index is 13.9. The molecule has 0 fully saturated rings. The van der Waals surface area contributed by atoms with Crippen LogP contribution in [0.5, 0.6) is 0 Å². The van der Waals surface area contributed by atoms with Crippen molar-refractivity contribution in [3.8, 4) is 0 Å². The van der Waals surface area contributed by atoms with Crippen molar-refractivity contribution in [2.24, 2.45) is 0 Å². The number of halogens is 1. The van der Waals surface area contributed by atoms with Crippen LogP contribution in [0.4, 0.5) is 4.39 Å². The molecule has 1 N–H and O–H groups in total. The van der Waals surface area contributed by atoms with Gasteiger partial charge in [0.2, 0.25) is 5.91 Å². The zero-order valence-corrected chi connectivity index (χ0v) is 16.3. The Morgan fingerprint density at radius 3 is 2.50 bits per heavy atom. The standard InChI is InChI=1S/C17H22FN3O3S2/c1-20(2)9-10-21(13-14-6-3-4-7-15(14)18)16(22)12-19-26(23,24)17-8-5-11-25-17/h3-8,11,19H,9-10,12-13H2,1-2H3. The van der Waals surface area contributed by atoms with Gasteiger partial charge in [-0.15, -0.1) is 11.3 Å². The van der Waals surface area contributed by atoms with Gasteiger partial charge in [0.15, 0.2) is 0 Å². The fourth-order valence-corrected chi connectivity index (χ4v) is 4.21. The van der Waals surface area contributed by atoms with Crippen LogP contribution in [-0.4, -0.2) is 57.9 Å². The van der Waals surface area contributed by atoms with Crippen molar-refractivity contribution in [1.29, 1.82) is 0 Å². The van der Waals surface area contributed by atoms with Crippen molar-refractivity contribution in [3.63, 3.8) is 0 Å². The second kappa shape index (κ2) is 9.22. The number of rotatable bonds is 9. The Morgan fingerprint density at radius 2 is 1.88 bits per heavy atom. The first-order chi connectivity index (χ1) is 12.3. The molecule has 9 heteroatoms. The summed E-state index contributed by atoms with van der Waals surface area (Å²) in [7, 11) is 0.0114. The molecule has 0 aliphatic rings. The molecule has 0 radical (unpaired) electrons. The monoisotopic (exact) mass is 399 g/mol. The molecular formula is C17H22FN3O3S2. The summed E-state index contributed by atoms with van der Waals surface area (Å²) < 4.78 is 40.7. The van der Waals surface area contributed by atoms with Gasteiger partial charge in [-0.3, -0.25) is 4.79 Å². The third-order valence-corrected chi connectivity index (χ3v) is 6.46. The van der Waals surface area contributed by atoms with Crippen LogP contribution in [0, 0.1) is 5.82 Å². The number of hydrogen-bond donors (Lipinski definition) is 1. The average molecular weight is 400 g/mol. The minimum absolute atomic E-state index is 0.0834. The van der Waals surface area contributed by atoms with Crippen LogP contribution < -0.4 is 4.72 Å². The van der Waals surface area contributed by atoms with Crippen molar-refractivity contribution in [3.05, 3.63) is 53.2 Å². The molecule has 26 heavy (non-hydrogen) atoms. The number of benzene rings is 1. The van der Waals surface area contributed by atoms with Gasteiger partial charge in [0, 0.05) is 25.2 Å². The lowest BCUT2D eigenvalue weighted by atomic mass is 10.2. The molecule has 2 rings (SSSR count). The fourth-order valence-electron chi connectivity index (χ4n) is 2.20. The number of nitrogens with one attached hydrogen (secondary N) is 1. The van der Waals surface area contributed by atoms with Crippen molar-refractivity contribution in [1.82, 2.24) is 14.5 Å². The smallest absolute Gasteiger partial charge is 0.250 e. The van der Waals surface area contributed by atoms with E-state index in [0.29, 0.717) is 18.7 Å². The van der Waals surface area contributed by atoms with E-state index in [2.05, 4.69) is 4.72 Å². The molecule has 1 aromatic carbocycles. The largest absolute Gasteiger partial charge is 0.336 e. The van der Waals surface area contributed by atoms with E-state index >= 15 is 0 Å². The summed E-state index contributed by atoms with van der Waals surface area (Å²) in [4.78, 5) is 15.9. The van der Waals surface area contributed by atoms with Crippen molar-refractivity contribution in [2.45, 2.75) is 10.8 Å². The number of hydrogen-bond acceptors (Lipinski definition) is 5. The Labute approximate surface area is 157 Å². The van der Waals surface area contributed by atoms with Gasteiger partial charge in [0.25, 0.3) is 10.0 Å². The highest BCUT2D eigenvalue weighted by atomic mass is 32.2. The first-order valence-electron chi connectivity index (χ1n) is 7.98. The van der Waals surface area contributed by atoms with Crippen LogP contribution in [0.15, 0.2) is 46.0 Å². The molecule has 6 nitrogen and oxygen atoms in total. The Kier molecular flexibility index (Phi) is 7.27. The summed E-state index contributed by atoms with van der Waals surface area (Å²) in [6.45, 7) is 0.654. The van der Waals surface area contributed by atoms with Gasteiger partial charge in [0.1, 0.15) is 10.0 Å². The van der Waals surface area contributed by atoms with Gasteiger partial charge in [-0.1, -0.05) is 24.3 Å². The minimum atomic E-state index is -3.72. The molecule has 0 saturated carbocycles. The van der Waals surface area contributed by atoms with Crippen LogP contribution in [0.1, 0.15) is 5.56 Å². The lowest BCUT2D eigenvalue weighted by Crippen LogP contribution is -2.42. The topological polar surface area (TPSA) is 69.7 Å². The minimum Gasteiger partial charge on any atom is -0.336 e. The summed E-state index contributed by atoms with van der Waals surface area (Å²) in [5.74, 6) is -0.801. The number of carbonyl (C=O) groups is 1. The molecular weight excluding hydrogens is 377 g/mol. The van der Waals surface area contributed by atoms with E-state index < -0.39 is 21.7 Å². The van der Waals surface area contributed by atoms with Gasteiger partial charge in [-0.2, -0.15) is 0 Å². The summed E-state index contributed by atoms with van der Waals surface area (Å²) in [6.07, 6.45) is 0. The van der Waals surface area contributed by atoms with Gasteiger partial charge < -0.3 is 9.80 Å². The predicted molar refractivity (Wildman–Crippen MR) is 99.9 cm³/mol. The fraction of sp³-hybridized carbons (Fsp3) is 0.353. The molecule has 1 amide bonds. The molecule has 1 heterocycles. The molecule has 0 atom stereocenters. The lowest BCUT2D eigenvalue weighted by Gasteiger charge is -2.25. The number of nitrogens with zero attached hydrogens (tertiary/aromatic N) is 2. The zero-order chi connectivity index (χ0) is 19.2. The van der Waals surface area contributed by atoms with Crippen LogP contribution in [0.3, 0.4) is 0 Å². The number of amides is 1. The summed E-state index contributed by atoms with van der Waals surface area (Å²) in [5, 5.41) is 1.65. The van der Waals surface area contributed by atoms with Crippen molar-refractivity contribution >= 4 is 27.3 Å². The third kappa shape index (κ3) is 5.87. The molecule has 142 valence electrons. The van der Waals surface area contributed by atoms with E-state index in [1.165, 1.54) is 17.0 Å². The molecule has 1 aromatic heterocycles. The Balaban J connectivity index is 2.06. The van der Waals surface area contributed by atoms with E-state index in [1.807, 2.05) is 19.0 Å². The van der Waals surface area contributed by atoms with Crippen LogP contribution in [0.25, 0.3) is 0 Å². The second-order valence-electron chi connectivity index (χ2n) is 5.97. The summed E-state index contributed by atoms with van der Waals surface area (Å²) in [5.41, 5.74) is 0.390. The summed E-state index contributed by atoms with van der Waals surface area (Å²) >= 11 is 1.08. The molecule has 2 aromatic rings. The highest BCUT2D eigenvalue weighted by Crippen LogP contribution is 2.15. The van der Waals surface area contributed by atoms with E-state index in [9.17, 15) is 17.6 Å². The zero-order valence-electron chi connectivity index (χ0n) is 14.7. The van der Waals surface area contributed by atoms with Crippen LogP contribution in [0.2, 0.25) is 0 Å². The number of carbonyl (C=O) groups excluding carboxylic acids is 1. The first-order valence-corrected chi connectivity index (χ1v) is 10.3. The summed E-state index contributed by atoms with van der Waals surface area (Å²) in [6, 6.07) is 9.33. The van der Waals surface area contributed by atoms with E-state index in [0.717, 1.165) is 11.3 Å². The highest BCUT2D eigenvalue weighted by molar-refractivity contribution is 7.91. The first kappa shape index (κ1) is 20.5. The average Bonchev–Trinajstić information content (AvgIpc) is 3.13. The highest BCUT2D eigenvalue weighted by Gasteiger charge is 2.20. The molecule has 0 saturated heterocycles. The third-order valence-electron chi connectivity index (χ3n) is 3.66. The van der Waals surface area contributed by atoms with E-state index in [1.54, 1.807) is 29.6 Å².